The number of hydrogen-bond donors (Lipinski definition) is 2. The Morgan fingerprint density at radius 3 is 2.75 bits per heavy atom. The molecule has 0 atom stereocenters. The maximum atomic E-state index is 12.1. The van der Waals surface area contributed by atoms with Crippen molar-refractivity contribution >= 4 is 17.3 Å². The van der Waals surface area contributed by atoms with Gasteiger partial charge in [0.25, 0.3) is 11.6 Å². The molecule has 7 nitrogen and oxygen atoms in total. The van der Waals surface area contributed by atoms with E-state index in [0.717, 1.165) is 0 Å². The Morgan fingerprint density at radius 2 is 2.10 bits per heavy atom. The number of amides is 1. The third kappa shape index (κ3) is 2.56. The van der Waals surface area contributed by atoms with Gasteiger partial charge in [-0.05, 0) is 24.6 Å². The lowest BCUT2D eigenvalue weighted by Crippen LogP contribution is -2.16. The van der Waals surface area contributed by atoms with Crippen LogP contribution < -0.4 is 5.32 Å². The lowest BCUT2D eigenvalue weighted by molar-refractivity contribution is -0.384. The summed E-state index contributed by atoms with van der Waals surface area (Å²) in [6, 6.07) is 7.15. The van der Waals surface area contributed by atoms with Crippen LogP contribution in [0.2, 0.25) is 0 Å². The first-order valence-electron chi connectivity index (χ1n) is 5.70. The highest BCUT2D eigenvalue weighted by molar-refractivity contribution is 6.05. The van der Waals surface area contributed by atoms with Gasteiger partial charge in [0, 0.05) is 12.3 Å². The molecular formula is C13H11N3O4. The first-order chi connectivity index (χ1) is 9.50. The quantitative estimate of drug-likeness (QED) is 0.507. The lowest BCUT2D eigenvalue weighted by atomic mass is 10.2. The van der Waals surface area contributed by atoms with E-state index in [1.165, 1.54) is 24.4 Å². The number of nitrogens with one attached hydrogen (secondary N) is 1. The van der Waals surface area contributed by atoms with E-state index in [2.05, 4.69) is 10.3 Å². The van der Waals surface area contributed by atoms with Crippen molar-refractivity contribution in [2.24, 2.45) is 0 Å². The molecule has 0 saturated heterocycles. The number of nitro benzene ring substituents is 1. The summed E-state index contributed by atoms with van der Waals surface area (Å²) in [6.07, 6.45) is 1.45. The average Bonchev–Trinajstić information content (AvgIpc) is 2.41. The Bertz CT molecular complexity index is 685. The van der Waals surface area contributed by atoms with Crippen LogP contribution in [0.1, 0.15) is 16.1 Å². The minimum atomic E-state index is -0.680. The number of nitro groups is 1. The van der Waals surface area contributed by atoms with E-state index < -0.39 is 10.8 Å². The van der Waals surface area contributed by atoms with Crippen LogP contribution in [0.15, 0.2) is 36.5 Å². The number of nitrogens with zero attached hydrogens (tertiary/aromatic N) is 2. The number of anilines is 1. The molecule has 7 heteroatoms. The molecule has 0 aliphatic heterocycles. The predicted molar refractivity (Wildman–Crippen MR) is 71.7 cm³/mol. The summed E-state index contributed by atoms with van der Waals surface area (Å²) in [6.45, 7) is 1.70. The van der Waals surface area contributed by atoms with E-state index in [1.807, 2.05) is 0 Å². The number of carbonyl (C=O) groups is 1. The van der Waals surface area contributed by atoms with Crippen LogP contribution in [0, 0.1) is 17.0 Å². The fraction of sp³-hybridized carbons (Fsp3) is 0.0769. The molecule has 0 bridgehead atoms. The van der Waals surface area contributed by atoms with Gasteiger partial charge in [-0.2, -0.15) is 0 Å². The number of rotatable bonds is 3. The summed E-state index contributed by atoms with van der Waals surface area (Å²) in [7, 11) is 0. The highest BCUT2D eigenvalue weighted by Gasteiger charge is 2.21. The fourth-order valence-electron chi connectivity index (χ4n) is 1.70. The summed E-state index contributed by atoms with van der Waals surface area (Å²) in [5.41, 5.74) is 0.146. The van der Waals surface area contributed by atoms with Crippen LogP contribution in [-0.4, -0.2) is 20.9 Å². The highest BCUT2D eigenvalue weighted by atomic mass is 16.6. The molecule has 0 fully saturated rings. The Labute approximate surface area is 114 Å². The summed E-state index contributed by atoms with van der Waals surface area (Å²) in [5.74, 6) is -0.992. The van der Waals surface area contributed by atoms with Crippen LogP contribution >= 0.6 is 0 Å². The van der Waals surface area contributed by atoms with Gasteiger partial charge in [0.1, 0.15) is 11.4 Å². The highest BCUT2D eigenvalue weighted by Crippen LogP contribution is 2.33. The number of aromatic hydroxyl groups is 1. The minimum absolute atomic E-state index is 0.144. The molecule has 0 spiro atoms. The molecule has 0 aliphatic rings. The second-order valence-corrected chi connectivity index (χ2v) is 4.05. The van der Waals surface area contributed by atoms with Gasteiger partial charge in [0.2, 0.25) is 0 Å². The van der Waals surface area contributed by atoms with E-state index in [4.69, 9.17) is 0 Å². The number of para-hydroxylation sites is 1. The third-order valence-electron chi connectivity index (χ3n) is 2.68. The SMILES string of the molecule is Cc1cccnc1C(=O)Nc1c(O)cccc1[N+](=O)[O-]. The van der Waals surface area contributed by atoms with Crippen molar-refractivity contribution in [1.29, 1.82) is 0 Å². The van der Waals surface area contributed by atoms with Crippen LogP contribution in [0.5, 0.6) is 5.75 Å². The van der Waals surface area contributed by atoms with Crippen molar-refractivity contribution in [2.75, 3.05) is 5.32 Å². The number of phenols is 1. The topological polar surface area (TPSA) is 105 Å². The van der Waals surface area contributed by atoms with E-state index in [9.17, 15) is 20.0 Å². The monoisotopic (exact) mass is 273 g/mol. The summed E-state index contributed by atoms with van der Waals surface area (Å²) in [5, 5.41) is 22.9. The van der Waals surface area contributed by atoms with E-state index in [1.54, 1.807) is 19.1 Å². The third-order valence-corrected chi connectivity index (χ3v) is 2.68. The van der Waals surface area contributed by atoms with Crippen molar-refractivity contribution in [2.45, 2.75) is 6.92 Å². The second-order valence-electron chi connectivity index (χ2n) is 4.05. The maximum Gasteiger partial charge on any atom is 0.296 e. The zero-order valence-corrected chi connectivity index (χ0v) is 10.5. The molecule has 2 aromatic rings. The molecule has 2 N–H and O–H groups in total. The van der Waals surface area contributed by atoms with Crippen molar-refractivity contribution < 1.29 is 14.8 Å². The van der Waals surface area contributed by atoms with Crippen molar-refractivity contribution in [1.82, 2.24) is 4.98 Å². The predicted octanol–water partition coefficient (Wildman–Crippen LogP) is 2.26. The van der Waals surface area contributed by atoms with E-state index in [-0.39, 0.29) is 22.8 Å². The van der Waals surface area contributed by atoms with Crippen molar-refractivity contribution in [3.8, 4) is 5.75 Å². The lowest BCUT2D eigenvalue weighted by Gasteiger charge is -2.08. The summed E-state index contributed by atoms with van der Waals surface area (Å²) >= 11 is 0. The normalized spacial score (nSPS) is 10.1. The molecule has 1 aromatic heterocycles. The smallest absolute Gasteiger partial charge is 0.296 e. The van der Waals surface area contributed by atoms with Gasteiger partial charge < -0.3 is 10.4 Å². The Hall–Kier alpha value is -2.96. The molecule has 0 unspecified atom stereocenters. The number of aryl methyl sites for hydroxylation is 1. The van der Waals surface area contributed by atoms with Gasteiger partial charge in [-0.25, -0.2) is 0 Å². The number of phenolic OH excluding ortho intramolecular Hbond substituents is 1. The molecule has 1 heterocycles. The zero-order valence-electron chi connectivity index (χ0n) is 10.5. The molecule has 1 aromatic carbocycles. The average molecular weight is 273 g/mol. The van der Waals surface area contributed by atoms with Gasteiger partial charge >= 0.3 is 0 Å². The number of pyridine rings is 1. The Morgan fingerprint density at radius 1 is 1.35 bits per heavy atom. The molecule has 0 aliphatic carbocycles. The van der Waals surface area contributed by atoms with Gasteiger partial charge in [-0.3, -0.25) is 19.9 Å². The number of hydrogen-bond acceptors (Lipinski definition) is 5. The Kier molecular flexibility index (Phi) is 3.60. The number of benzene rings is 1. The molecule has 2 rings (SSSR count). The summed E-state index contributed by atoms with van der Waals surface area (Å²) < 4.78 is 0. The van der Waals surface area contributed by atoms with Crippen LogP contribution in [-0.2, 0) is 0 Å². The molecule has 0 saturated carbocycles. The molecular weight excluding hydrogens is 262 g/mol. The number of carbonyl (C=O) groups excluding carboxylic acids is 1. The van der Waals surface area contributed by atoms with Gasteiger partial charge in [-0.1, -0.05) is 12.1 Å². The fourth-order valence-corrected chi connectivity index (χ4v) is 1.70. The first-order valence-corrected chi connectivity index (χ1v) is 5.70. The molecule has 102 valence electrons. The molecule has 20 heavy (non-hydrogen) atoms. The van der Waals surface area contributed by atoms with Crippen LogP contribution in [0.25, 0.3) is 0 Å². The second kappa shape index (κ2) is 5.35. The van der Waals surface area contributed by atoms with Crippen molar-refractivity contribution in [3.05, 3.63) is 57.9 Å². The largest absolute Gasteiger partial charge is 0.505 e. The first kappa shape index (κ1) is 13.5. The van der Waals surface area contributed by atoms with Gasteiger partial charge in [0.15, 0.2) is 5.69 Å². The van der Waals surface area contributed by atoms with Gasteiger partial charge in [-0.15, -0.1) is 0 Å². The summed E-state index contributed by atoms with van der Waals surface area (Å²) in [4.78, 5) is 26.2. The minimum Gasteiger partial charge on any atom is -0.505 e. The molecule has 0 radical (unpaired) electrons. The van der Waals surface area contributed by atoms with Crippen molar-refractivity contribution in [3.63, 3.8) is 0 Å². The standard InChI is InChI=1S/C13H11N3O4/c1-8-4-3-7-14-11(8)13(18)15-12-9(16(19)20)5-2-6-10(12)17/h2-7,17H,1H3,(H,15,18). The van der Waals surface area contributed by atoms with Gasteiger partial charge in [0.05, 0.1) is 4.92 Å². The maximum absolute atomic E-state index is 12.1. The number of aromatic nitrogens is 1. The Balaban J connectivity index is 2.38. The van der Waals surface area contributed by atoms with Crippen LogP contribution in [0.4, 0.5) is 11.4 Å². The molecule has 1 amide bonds. The van der Waals surface area contributed by atoms with Crippen LogP contribution in [0.3, 0.4) is 0 Å². The zero-order chi connectivity index (χ0) is 14.7. The van der Waals surface area contributed by atoms with E-state index >= 15 is 0 Å². The van der Waals surface area contributed by atoms with E-state index in [0.29, 0.717) is 5.56 Å².